The van der Waals surface area contributed by atoms with Gasteiger partial charge in [0.2, 0.25) is 0 Å². The number of rotatable bonds is 8. The maximum Gasteiger partial charge on any atom is 0.0594 e. The van der Waals surface area contributed by atoms with E-state index in [4.69, 9.17) is 4.74 Å². The monoisotopic (exact) mass is 242 g/mol. The maximum atomic E-state index is 5.53. The molecule has 1 atom stereocenters. The standard InChI is InChI=1S/C14H30N2O/c1-12(2)5-8-16-9-6-14(11-16)15-7-10-17-13(3)4/h12-15H,5-11H2,1-4H3/t14-/m1/s1. The molecule has 0 unspecified atom stereocenters. The second-order valence-corrected chi connectivity index (χ2v) is 5.84. The lowest BCUT2D eigenvalue weighted by atomic mass is 10.1. The minimum absolute atomic E-state index is 0.350. The highest BCUT2D eigenvalue weighted by Crippen LogP contribution is 2.11. The van der Waals surface area contributed by atoms with E-state index in [0.717, 1.165) is 19.1 Å². The van der Waals surface area contributed by atoms with Crippen molar-refractivity contribution in [2.45, 2.75) is 52.7 Å². The van der Waals surface area contributed by atoms with Crippen LogP contribution in [-0.4, -0.2) is 49.8 Å². The summed E-state index contributed by atoms with van der Waals surface area (Å²) in [5, 5.41) is 3.59. The minimum atomic E-state index is 0.350. The number of nitrogens with zero attached hydrogens (tertiary/aromatic N) is 1. The van der Waals surface area contributed by atoms with Crippen LogP contribution in [0.3, 0.4) is 0 Å². The fraction of sp³-hybridized carbons (Fsp3) is 1.00. The van der Waals surface area contributed by atoms with E-state index in [9.17, 15) is 0 Å². The third-order valence-corrected chi connectivity index (χ3v) is 3.28. The molecule has 17 heavy (non-hydrogen) atoms. The number of hydrogen-bond donors (Lipinski definition) is 1. The van der Waals surface area contributed by atoms with Gasteiger partial charge in [0.15, 0.2) is 0 Å². The molecule has 0 aromatic carbocycles. The van der Waals surface area contributed by atoms with Crippen molar-refractivity contribution < 1.29 is 4.74 Å². The summed E-state index contributed by atoms with van der Waals surface area (Å²) in [6, 6.07) is 0.679. The maximum absolute atomic E-state index is 5.53. The van der Waals surface area contributed by atoms with Gasteiger partial charge in [-0.2, -0.15) is 0 Å². The van der Waals surface area contributed by atoms with Crippen LogP contribution in [0.1, 0.15) is 40.5 Å². The van der Waals surface area contributed by atoms with E-state index in [-0.39, 0.29) is 0 Å². The Balaban J connectivity index is 2.01. The zero-order chi connectivity index (χ0) is 12.7. The normalized spacial score (nSPS) is 21.9. The van der Waals surface area contributed by atoms with Crippen LogP contribution in [-0.2, 0) is 4.74 Å². The van der Waals surface area contributed by atoms with E-state index < -0.39 is 0 Å². The molecule has 1 saturated heterocycles. The van der Waals surface area contributed by atoms with Crippen LogP contribution >= 0.6 is 0 Å². The van der Waals surface area contributed by atoms with Gasteiger partial charge < -0.3 is 15.0 Å². The van der Waals surface area contributed by atoms with Crippen LogP contribution in [0.5, 0.6) is 0 Å². The average Bonchev–Trinajstić information content (AvgIpc) is 2.69. The average molecular weight is 242 g/mol. The van der Waals surface area contributed by atoms with Gasteiger partial charge in [0.05, 0.1) is 12.7 Å². The second kappa shape index (κ2) is 8.06. The Labute approximate surface area is 107 Å². The Bertz CT molecular complexity index is 195. The number of hydrogen-bond acceptors (Lipinski definition) is 3. The molecule has 0 aromatic rings. The predicted octanol–water partition coefficient (Wildman–Crippen LogP) is 2.12. The fourth-order valence-electron chi connectivity index (χ4n) is 2.20. The first kappa shape index (κ1) is 14.9. The van der Waals surface area contributed by atoms with Crippen LogP contribution in [0, 0.1) is 5.92 Å². The van der Waals surface area contributed by atoms with Gasteiger partial charge in [-0.05, 0) is 45.7 Å². The summed E-state index contributed by atoms with van der Waals surface area (Å²) in [5.41, 5.74) is 0. The van der Waals surface area contributed by atoms with Crippen LogP contribution in [0.4, 0.5) is 0 Å². The number of likely N-dealkylation sites (tertiary alicyclic amines) is 1. The van der Waals surface area contributed by atoms with E-state index in [1.807, 2.05) is 0 Å². The van der Waals surface area contributed by atoms with Gasteiger partial charge in [-0.1, -0.05) is 13.8 Å². The Morgan fingerprint density at radius 3 is 2.71 bits per heavy atom. The van der Waals surface area contributed by atoms with Crippen molar-refractivity contribution in [2.24, 2.45) is 5.92 Å². The molecule has 1 N–H and O–H groups in total. The van der Waals surface area contributed by atoms with E-state index in [2.05, 4.69) is 37.9 Å². The van der Waals surface area contributed by atoms with Crippen molar-refractivity contribution in [2.75, 3.05) is 32.8 Å². The van der Waals surface area contributed by atoms with Gasteiger partial charge in [0, 0.05) is 19.1 Å². The first-order chi connectivity index (χ1) is 8.08. The molecule has 3 heteroatoms. The van der Waals surface area contributed by atoms with Crippen molar-refractivity contribution in [3.05, 3.63) is 0 Å². The highest BCUT2D eigenvalue weighted by Gasteiger charge is 2.21. The smallest absolute Gasteiger partial charge is 0.0594 e. The van der Waals surface area contributed by atoms with Crippen molar-refractivity contribution in [1.29, 1.82) is 0 Å². The molecule has 3 nitrogen and oxygen atoms in total. The zero-order valence-corrected chi connectivity index (χ0v) is 12.0. The van der Waals surface area contributed by atoms with E-state index in [1.54, 1.807) is 0 Å². The van der Waals surface area contributed by atoms with Crippen LogP contribution < -0.4 is 5.32 Å². The lowest BCUT2D eigenvalue weighted by Crippen LogP contribution is -2.35. The van der Waals surface area contributed by atoms with E-state index in [0.29, 0.717) is 12.1 Å². The lowest BCUT2D eigenvalue weighted by molar-refractivity contribution is 0.0794. The first-order valence-electron chi connectivity index (χ1n) is 7.15. The summed E-state index contributed by atoms with van der Waals surface area (Å²) in [6.45, 7) is 14.3. The van der Waals surface area contributed by atoms with E-state index in [1.165, 1.54) is 32.5 Å². The van der Waals surface area contributed by atoms with Gasteiger partial charge in [-0.25, -0.2) is 0 Å². The fourth-order valence-corrected chi connectivity index (χ4v) is 2.20. The summed E-state index contributed by atoms with van der Waals surface area (Å²) >= 11 is 0. The molecule has 1 aliphatic rings. The molecule has 1 fully saturated rings. The largest absolute Gasteiger partial charge is 0.377 e. The van der Waals surface area contributed by atoms with E-state index >= 15 is 0 Å². The van der Waals surface area contributed by atoms with Crippen molar-refractivity contribution >= 4 is 0 Å². The van der Waals surface area contributed by atoms with Crippen LogP contribution in [0.2, 0.25) is 0 Å². The number of nitrogens with one attached hydrogen (secondary N) is 1. The summed E-state index contributed by atoms with van der Waals surface area (Å²) in [6.07, 6.45) is 2.96. The highest BCUT2D eigenvalue weighted by molar-refractivity contribution is 4.80. The Morgan fingerprint density at radius 1 is 1.29 bits per heavy atom. The topological polar surface area (TPSA) is 24.5 Å². The van der Waals surface area contributed by atoms with Crippen molar-refractivity contribution in [3.8, 4) is 0 Å². The Morgan fingerprint density at radius 2 is 2.06 bits per heavy atom. The molecule has 0 radical (unpaired) electrons. The van der Waals surface area contributed by atoms with Crippen LogP contribution in [0.15, 0.2) is 0 Å². The Hall–Kier alpha value is -0.120. The molecule has 0 amide bonds. The van der Waals surface area contributed by atoms with Crippen molar-refractivity contribution in [3.63, 3.8) is 0 Å². The van der Waals surface area contributed by atoms with Gasteiger partial charge in [0.1, 0.15) is 0 Å². The van der Waals surface area contributed by atoms with Gasteiger partial charge in [-0.3, -0.25) is 0 Å². The molecular formula is C14H30N2O. The molecular weight excluding hydrogens is 212 g/mol. The van der Waals surface area contributed by atoms with Gasteiger partial charge in [0.25, 0.3) is 0 Å². The zero-order valence-electron chi connectivity index (χ0n) is 12.0. The third-order valence-electron chi connectivity index (χ3n) is 3.28. The molecule has 0 aliphatic carbocycles. The molecule has 0 saturated carbocycles. The van der Waals surface area contributed by atoms with Gasteiger partial charge in [-0.15, -0.1) is 0 Å². The number of ether oxygens (including phenoxy) is 1. The summed E-state index contributed by atoms with van der Waals surface area (Å²) in [5.74, 6) is 0.821. The first-order valence-corrected chi connectivity index (χ1v) is 7.15. The minimum Gasteiger partial charge on any atom is -0.377 e. The second-order valence-electron chi connectivity index (χ2n) is 5.84. The van der Waals surface area contributed by atoms with Crippen LogP contribution in [0.25, 0.3) is 0 Å². The molecule has 1 rings (SSSR count). The summed E-state index contributed by atoms with van der Waals surface area (Å²) in [7, 11) is 0. The SMILES string of the molecule is CC(C)CCN1CC[C@@H](NCCOC(C)C)C1. The van der Waals surface area contributed by atoms with Crippen molar-refractivity contribution in [1.82, 2.24) is 10.2 Å². The molecule has 0 bridgehead atoms. The predicted molar refractivity (Wildman–Crippen MR) is 73.4 cm³/mol. The lowest BCUT2D eigenvalue weighted by Gasteiger charge is -2.18. The van der Waals surface area contributed by atoms with Gasteiger partial charge >= 0.3 is 0 Å². The Kier molecular flexibility index (Phi) is 7.09. The quantitative estimate of drug-likeness (QED) is 0.660. The molecule has 102 valence electrons. The third kappa shape index (κ3) is 7.02. The molecule has 0 aromatic heterocycles. The molecule has 0 spiro atoms. The summed E-state index contributed by atoms with van der Waals surface area (Å²) in [4.78, 5) is 2.58. The molecule has 1 heterocycles. The highest BCUT2D eigenvalue weighted by atomic mass is 16.5. The molecule has 1 aliphatic heterocycles. The summed E-state index contributed by atoms with van der Waals surface area (Å²) < 4.78 is 5.53.